The lowest BCUT2D eigenvalue weighted by Gasteiger charge is -2.35. The van der Waals surface area contributed by atoms with E-state index in [1.807, 2.05) is 121 Å². The molecule has 40 heavy (non-hydrogen) atoms. The molecule has 0 amide bonds. The molecule has 0 spiro atoms. The summed E-state index contributed by atoms with van der Waals surface area (Å²) in [6, 6.07) is 39.6. The number of rotatable bonds is 17. The molecule has 0 saturated heterocycles. The smallest absolute Gasteiger partial charge is 0.116 e. The molecule has 0 aromatic heterocycles. The van der Waals surface area contributed by atoms with Gasteiger partial charge in [-0.15, -0.1) is 6.58 Å². The molecule has 4 aromatic carbocycles. The van der Waals surface area contributed by atoms with Gasteiger partial charge in [-0.2, -0.15) is 0 Å². The Morgan fingerprint density at radius 2 is 0.900 bits per heavy atom. The van der Waals surface area contributed by atoms with Gasteiger partial charge in [0.15, 0.2) is 0 Å². The molecule has 0 aliphatic heterocycles. The lowest BCUT2D eigenvalue weighted by Crippen LogP contribution is -2.49. The molecule has 5 heteroatoms. The number of aliphatic hydroxyl groups is 1. The first kappa shape index (κ1) is 29.4. The fourth-order valence-corrected chi connectivity index (χ4v) is 4.37. The van der Waals surface area contributed by atoms with E-state index < -0.39 is 24.4 Å². The van der Waals surface area contributed by atoms with Crippen molar-refractivity contribution in [3.8, 4) is 0 Å². The van der Waals surface area contributed by atoms with E-state index in [-0.39, 0.29) is 6.61 Å². The number of hydrogen-bond acceptors (Lipinski definition) is 5. The summed E-state index contributed by atoms with van der Waals surface area (Å²) >= 11 is 0. The van der Waals surface area contributed by atoms with E-state index in [4.69, 9.17) is 18.9 Å². The van der Waals surface area contributed by atoms with Crippen LogP contribution >= 0.6 is 0 Å². The predicted octanol–water partition coefficient (Wildman–Crippen LogP) is 6.51. The van der Waals surface area contributed by atoms with Crippen LogP contribution < -0.4 is 0 Å². The minimum atomic E-state index is -0.976. The molecule has 0 heterocycles. The molecule has 0 unspecified atom stereocenters. The summed E-state index contributed by atoms with van der Waals surface area (Å²) in [6.45, 7) is 5.49. The first-order chi connectivity index (χ1) is 19.7. The highest BCUT2D eigenvalue weighted by molar-refractivity contribution is 5.16. The zero-order valence-corrected chi connectivity index (χ0v) is 22.8. The van der Waals surface area contributed by atoms with E-state index in [0.29, 0.717) is 26.4 Å². The molecule has 0 aliphatic carbocycles. The fourth-order valence-electron chi connectivity index (χ4n) is 4.37. The Morgan fingerprint density at radius 1 is 0.525 bits per heavy atom. The minimum absolute atomic E-state index is 0.0715. The SMILES string of the molecule is C=C[C@H](OCc1ccccc1)[C@@H](OCc1ccccc1)[C@H](OCc1ccccc1)[C@H](O)COCc1ccccc1. The van der Waals surface area contributed by atoms with E-state index >= 15 is 0 Å². The maximum absolute atomic E-state index is 11.4. The van der Waals surface area contributed by atoms with Gasteiger partial charge in [0.25, 0.3) is 0 Å². The molecule has 4 rings (SSSR count). The van der Waals surface area contributed by atoms with Gasteiger partial charge in [0.2, 0.25) is 0 Å². The molecule has 0 fully saturated rings. The van der Waals surface area contributed by atoms with E-state index in [9.17, 15) is 5.11 Å². The van der Waals surface area contributed by atoms with Crippen LogP contribution in [0.15, 0.2) is 134 Å². The van der Waals surface area contributed by atoms with Gasteiger partial charge in [-0.05, 0) is 22.3 Å². The van der Waals surface area contributed by atoms with Gasteiger partial charge in [0.1, 0.15) is 24.4 Å². The number of ether oxygens (including phenoxy) is 4. The molecule has 0 aliphatic rings. The van der Waals surface area contributed by atoms with Crippen molar-refractivity contribution in [1.82, 2.24) is 0 Å². The molecule has 0 radical (unpaired) electrons. The Balaban J connectivity index is 1.53. The van der Waals surface area contributed by atoms with Crippen molar-refractivity contribution in [1.29, 1.82) is 0 Å². The van der Waals surface area contributed by atoms with Gasteiger partial charge < -0.3 is 24.1 Å². The van der Waals surface area contributed by atoms with E-state index in [1.165, 1.54) is 0 Å². The van der Waals surface area contributed by atoms with Crippen molar-refractivity contribution in [2.75, 3.05) is 6.61 Å². The molecular formula is C35H38O5. The van der Waals surface area contributed by atoms with Crippen molar-refractivity contribution in [3.05, 3.63) is 156 Å². The largest absolute Gasteiger partial charge is 0.388 e. The van der Waals surface area contributed by atoms with Crippen LogP contribution in [0, 0.1) is 0 Å². The zero-order chi connectivity index (χ0) is 27.8. The monoisotopic (exact) mass is 538 g/mol. The van der Waals surface area contributed by atoms with Crippen molar-refractivity contribution < 1.29 is 24.1 Å². The van der Waals surface area contributed by atoms with Crippen LogP contribution in [-0.2, 0) is 45.4 Å². The first-order valence-corrected chi connectivity index (χ1v) is 13.6. The molecule has 4 aromatic rings. The molecule has 1 N–H and O–H groups in total. The first-order valence-electron chi connectivity index (χ1n) is 13.6. The van der Waals surface area contributed by atoms with E-state index in [2.05, 4.69) is 6.58 Å². The van der Waals surface area contributed by atoms with Crippen molar-refractivity contribution in [3.63, 3.8) is 0 Å². The fraction of sp³-hybridized carbons (Fsp3) is 0.257. The highest BCUT2D eigenvalue weighted by Crippen LogP contribution is 2.22. The van der Waals surface area contributed by atoms with Crippen molar-refractivity contribution in [2.45, 2.75) is 50.8 Å². The lowest BCUT2D eigenvalue weighted by atomic mass is 10.0. The maximum Gasteiger partial charge on any atom is 0.116 e. The average molecular weight is 539 g/mol. The zero-order valence-electron chi connectivity index (χ0n) is 22.8. The predicted molar refractivity (Wildman–Crippen MR) is 157 cm³/mol. The topological polar surface area (TPSA) is 57.2 Å². The van der Waals surface area contributed by atoms with Gasteiger partial charge in [0.05, 0.1) is 33.0 Å². The molecule has 0 saturated carbocycles. The Hall–Kier alpha value is -3.58. The summed E-state index contributed by atoms with van der Waals surface area (Å²) in [5, 5.41) is 11.4. The molecule has 208 valence electrons. The van der Waals surface area contributed by atoms with Crippen LogP contribution in [0.5, 0.6) is 0 Å². The second-order valence-electron chi connectivity index (χ2n) is 9.59. The lowest BCUT2D eigenvalue weighted by molar-refractivity contribution is -0.178. The highest BCUT2D eigenvalue weighted by atomic mass is 16.6. The van der Waals surface area contributed by atoms with Gasteiger partial charge in [-0.1, -0.05) is 127 Å². The number of benzene rings is 4. The summed E-state index contributed by atoms with van der Waals surface area (Å²) in [6.07, 6.45) is -1.21. The Kier molecular flexibility index (Phi) is 12.1. The maximum atomic E-state index is 11.4. The van der Waals surface area contributed by atoms with Crippen LogP contribution in [0.2, 0.25) is 0 Å². The molecule has 4 atom stereocenters. The Labute approximate surface area is 237 Å². The van der Waals surface area contributed by atoms with Gasteiger partial charge >= 0.3 is 0 Å². The normalized spacial score (nSPS) is 14.2. The summed E-state index contributed by atoms with van der Waals surface area (Å²) in [4.78, 5) is 0. The molecule has 0 bridgehead atoms. The Bertz CT molecular complexity index is 1220. The summed E-state index contributed by atoms with van der Waals surface area (Å²) in [7, 11) is 0. The van der Waals surface area contributed by atoms with E-state index in [0.717, 1.165) is 22.3 Å². The van der Waals surface area contributed by atoms with Crippen LogP contribution in [0.25, 0.3) is 0 Å². The third-order valence-electron chi connectivity index (χ3n) is 6.52. The number of hydrogen-bond donors (Lipinski definition) is 1. The summed E-state index contributed by atoms with van der Waals surface area (Å²) < 4.78 is 25.1. The second-order valence-corrected chi connectivity index (χ2v) is 9.59. The Morgan fingerprint density at radius 3 is 1.32 bits per heavy atom. The van der Waals surface area contributed by atoms with Crippen LogP contribution in [0.1, 0.15) is 22.3 Å². The van der Waals surface area contributed by atoms with Crippen molar-refractivity contribution in [2.24, 2.45) is 0 Å². The van der Waals surface area contributed by atoms with Gasteiger partial charge in [-0.3, -0.25) is 0 Å². The highest BCUT2D eigenvalue weighted by Gasteiger charge is 2.36. The molecule has 5 nitrogen and oxygen atoms in total. The van der Waals surface area contributed by atoms with Gasteiger partial charge in [-0.25, -0.2) is 0 Å². The van der Waals surface area contributed by atoms with E-state index in [1.54, 1.807) is 6.08 Å². The van der Waals surface area contributed by atoms with Crippen LogP contribution in [0.3, 0.4) is 0 Å². The minimum Gasteiger partial charge on any atom is -0.388 e. The third-order valence-corrected chi connectivity index (χ3v) is 6.52. The third kappa shape index (κ3) is 9.56. The summed E-state index contributed by atoms with van der Waals surface area (Å²) in [5.74, 6) is 0. The second kappa shape index (κ2) is 16.5. The van der Waals surface area contributed by atoms with Crippen LogP contribution in [-0.4, -0.2) is 36.1 Å². The quantitative estimate of drug-likeness (QED) is 0.155. The number of aliphatic hydroxyl groups excluding tert-OH is 1. The van der Waals surface area contributed by atoms with Crippen LogP contribution in [0.4, 0.5) is 0 Å². The van der Waals surface area contributed by atoms with Crippen molar-refractivity contribution >= 4 is 0 Å². The molecular weight excluding hydrogens is 500 g/mol. The van der Waals surface area contributed by atoms with Gasteiger partial charge in [0, 0.05) is 0 Å². The average Bonchev–Trinajstić information content (AvgIpc) is 3.01. The standard InChI is InChI=1S/C35H38O5/c1-2-33(38-24-29-17-9-4-10-18-29)35(40-26-31-21-13-6-14-22-31)34(39-25-30-19-11-5-12-20-30)32(36)27-37-23-28-15-7-3-8-16-28/h2-22,32-36H,1,23-27H2/t32-,33+,34-,35-/m1/s1. The summed E-state index contributed by atoms with van der Waals surface area (Å²) in [5.41, 5.74) is 4.07.